The van der Waals surface area contributed by atoms with Crippen molar-refractivity contribution in [2.75, 3.05) is 7.11 Å². The third kappa shape index (κ3) is 2.64. The topological polar surface area (TPSA) is 63.2 Å². The van der Waals surface area contributed by atoms with Crippen molar-refractivity contribution in [1.82, 2.24) is 0 Å². The Morgan fingerprint density at radius 2 is 1.84 bits per heavy atom. The molecule has 3 saturated heterocycles. The molecule has 5 rings (SSSR count). The standard InChI is InChI=1S/C19H28O6/c1-21-16(20)9-12-5-6-15-18(23-12)10-13(22-15)17-14(11-18)24-19(25-17)7-3-2-4-8-19/h12-15,17H,2-11H2,1H3/t12-,13-,14-,15+,17?,18-/m1/s1. The van der Waals surface area contributed by atoms with E-state index in [4.69, 9.17) is 23.7 Å². The normalized spacial score (nSPS) is 47.3. The van der Waals surface area contributed by atoms with Crippen LogP contribution in [0.2, 0.25) is 0 Å². The van der Waals surface area contributed by atoms with Crippen molar-refractivity contribution in [3.63, 3.8) is 0 Å². The van der Waals surface area contributed by atoms with Crippen LogP contribution in [0.3, 0.4) is 0 Å². The van der Waals surface area contributed by atoms with E-state index in [9.17, 15) is 4.79 Å². The van der Waals surface area contributed by atoms with Gasteiger partial charge in [0.05, 0.1) is 43.5 Å². The Hall–Kier alpha value is -0.690. The molecule has 2 bridgehead atoms. The summed E-state index contributed by atoms with van der Waals surface area (Å²) in [6.07, 6.45) is 9.57. The highest BCUT2D eigenvalue weighted by atomic mass is 16.8. The summed E-state index contributed by atoms with van der Waals surface area (Å²) in [5, 5.41) is 0. The molecular weight excluding hydrogens is 324 g/mol. The van der Waals surface area contributed by atoms with Crippen molar-refractivity contribution < 1.29 is 28.5 Å². The van der Waals surface area contributed by atoms with E-state index >= 15 is 0 Å². The summed E-state index contributed by atoms with van der Waals surface area (Å²) in [5.41, 5.74) is -0.313. The Morgan fingerprint density at radius 1 is 1.04 bits per heavy atom. The fourth-order valence-electron chi connectivity index (χ4n) is 5.74. The number of methoxy groups -OCH3 is 1. The van der Waals surface area contributed by atoms with E-state index in [1.54, 1.807) is 0 Å². The molecule has 5 fully saturated rings. The van der Waals surface area contributed by atoms with Crippen LogP contribution in [0.1, 0.15) is 64.2 Å². The molecule has 1 unspecified atom stereocenters. The van der Waals surface area contributed by atoms with Gasteiger partial charge < -0.3 is 23.7 Å². The number of hydrogen-bond acceptors (Lipinski definition) is 6. The maximum absolute atomic E-state index is 11.6. The summed E-state index contributed by atoms with van der Waals surface area (Å²) in [6.45, 7) is 0. The van der Waals surface area contributed by atoms with Crippen LogP contribution in [0.15, 0.2) is 0 Å². The lowest BCUT2D eigenvalue weighted by molar-refractivity contribution is -0.216. The molecule has 3 aliphatic heterocycles. The molecule has 0 aromatic heterocycles. The van der Waals surface area contributed by atoms with Crippen LogP contribution in [0.4, 0.5) is 0 Å². The molecule has 6 atom stereocenters. The van der Waals surface area contributed by atoms with Crippen molar-refractivity contribution in [2.45, 2.75) is 106 Å². The summed E-state index contributed by atoms with van der Waals surface area (Å²) in [7, 11) is 1.43. The first-order chi connectivity index (χ1) is 12.1. The highest BCUT2D eigenvalue weighted by Gasteiger charge is 2.65. The maximum atomic E-state index is 11.6. The van der Waals surface area contributed by atoms with Crippen LogP contribution in [-0.2, 0) is 28.5 Å². The van der Waals surface area contributed by atoms with Crippen LogP contribution in [0.5, 0.6) is 0 Å². The van der Waals surface area contributed by atoms with E-state index < -0.39 is 0 Å². The lowest BCUT2D eigenvalue weighted by Gasteiger charge is -2.44. The molecule has 0 amide bonds. The van der Waals surface area contributed by atoms with E-state index in [1.807, 2.05) is 0 Å². The van der Waals surface area contributed by atoms with Gasteiger partial charge in [0.2, 0.25) is 0 Å². The van der Waals surface area contributed by atoms with Crippen LogP contribution in [0.25, 0.3) is 0 Å². The molecule has 5 aliphatic rings. The van der Waals surface area contributed by atoms with Gasteiger partial charge in [-0.3, -0.25) is 4.79 Å². The van der Waals surface area contributed by atoms with E-state index in [-0.39, 0.29) is 47.9 Å². The monoisotopic (exact) mass is 352 g/mol. The molecule has 3 heterocycles. The van der Waals surface area contributed by atoms with Crippen molar-refractivity contribution >= 4 is 5.97 Å². The molecule has 2 spiro atoms. The third-order valence-corrected chi connectivity index (χ3v) is 6.86. The molecule has 25 heavy (non-hydrogen) atoms. The third-order valence-electron chi connectivity index (χ3n) is 6.86. The molecule has 0 radical (unpaired) electrons. The second kappa shape index (κ2) is 5.91. The summed E-state index contributed by atoms with van der Waals surface area (Å²) < 4.78 is 30.6. The van der Waals surface area contributed by atoms with Gasteiger partial charge >= 0.3 is 5.97 Å². The number of carbonyl (C=O) groups is 1. The van der Waals surface area contributed by atoms with Crippen molar-refractivity contribution in [3.8, 4) is 0 Å². The molecule has 2 saturated carbocycles. The second-order valence-electron chi connectivity index (χ2n) is 8.44. The van der Waals surface area contributed by atoms with Gasteiger partial charge in [0.1, 0.15) is 6.10 Å². The van der Waals surface area contributed by atoms with E-state index in [0.717, 1.165) is 38.5 Å². The molecule has 140 valence electrons. The molecule has 6 nitrogen and oxygen atoms in total. The van der Waals surface area contributed by atoms with Crippen LogP contribution in [0, 0.1) is 0 Å². The zero-order valence-electron chi connectivity index (χ0n) is 14.9. The highest BCUT2D eigenvalue weighted by Crippen LogP contribution is 2.55. The van der Waals surface area contributed by atoms with Gasteiger partial charge in [-0.05, 0) is 25.7 Å². The number of rotatable bonds is 2. The molecule has 0 aromatic carbocycles. The number of fused-ring (bicyclic) bond motifs is 3. The number of esters is 1. The van der Waals surface area contributed by atoms with Gasteiger partial charge in [-0.15, -0.1) is 0 Å². The van der Waals surface area contributed by atoms with Crippen LogP contribution >= 0.6 is 0 Å². The minimum absolute atomic E-state index is 0.0389. The number of hydrogen-bond donors (Lipinski definition) is 0. The Labute approximate surface area is 148 Å². The highest BCUT2D eigenvalue weighted by molar-refractivity contribution is 5.69. The fraction of sp³-hybridized carbons (Fsp3) is 0.947. The average molecular weight is 352 g/mol. The first-order valence-electron chi connectivity index (χ1n) is 9.87. The first kappa shape index (κ1) is 16.5. The Morgan fingerprint density at radius 3 is 2.64 bits per heavy atom. The van der Waals surface area contributed by atoms with Crippen LogP contribution in [-0.4, -0.2) is 55.0 Å². The molecular formula is C19H28O6. The maximum Gasteiger partial charge on any atom is 0.308 e. The lowest BCUT2D eigenvalue weighted by Crippen LogP contribution is -2.54. The molecule has 2 aliphatic carbocycles. The Bertz CT molecular complexity index is 544. The SMILES string of the molecule is COC(=O)C[C@H]1CC[C@@H]2O[C@@H]3C[C@]2(C[C@H]2OC4(CCCCC4)OC32)O1. The Kier molecular flexibility index (Phi) is 3.90. The van der Waals surface area contributed by atoms with Gasteiger partial charge in [-0.25, -0.2) is 0 Å². The largest absolute Gasteiger partial charge is 0.469 e. The zero-order chi connectivity index (χ0) is 17.1. The van der Waals surface area contributed by atoms with Gasteiger partial charge in [-0.1, -0.05) is 6.42 Å². The number of ether oxygens (including phenoxy) is 5. The summed E-state index contributed by atoms with van der Waals surface area (Å²) >= 11 is 0. The summed E-state index contributed by atoms with van der Waals surface area (Å²) in [5.74, 6) is -0.584. The van der Waals surface area contributed by atoms with Crippen molar-refractivity contribution in [2.24, 2.45) is 0 Å². The number of carbonyl (C=O) groups excluding carboxylic acids is 1. The van der Waals surface area contributed by atoms with Crippen molar-refractivity contribution in [1.29, 1.82) is 0 Å². The van der Waals surface area contributed by atoms with Gasteiger partial charge in [0.15, 0.2) is 5.79 Å². The predicted molar refractivity (Wildman–Crippen MR) is 86.9 cm³/mol. The van der Waals surface area contributed by atoms with E-state index in [1.165, 1.54) is 26.4 Å². The van der Waals surface area contributed by atoms with Crippen LogP contribution < -0.4 is 0 Å². The summed E-state index contributed by atoms with van der Waals surface area (Å²) in [6, 6.07) is 0. The molecule has 0 aromatic rings. The van der Waals surface area contributed by atoms with Gasteiger partial charge in [-0.2, -0.15) is 0 Å². The minimum atomic E-state index is -0.381. The summed E-state index contributed by atoms with van der Waals surface area (Å²) in [4.78, 5) is 11.6. The van der Waals surface area contributed by atoms with E-state index in [0.29, 0.717) is 6.42 Å². The molecule has 0 N–H and O–H groups in total. The fourth-order valence-corrected chi connectivity index (χ4v) is 5.74. The second-order valence-corrected chi connectivity index (χ2v) is 8.44. The lowest BCUT2D eigenvalue weighted by atomic mass is 9.76. The minimum Gasteiger partial charge on any atom is -0.469 e. The van der Waals surface area contributed by atoms with Gasteiger partial charge in [0.25, 0.3) is 0 Å². The predicted octanol–water partition coefficient (Wildman–Crippen LogP) is 2.47. The van der Waals surface area contributed by atoms with Crippen molar-refractivity contribution in [3.05, 3.63) is 0 Å². The zero-order valence-corrected chi connectivity index (χ0v) is 14.9. The quantitative estimate of drug-likeness (QED) is 0.712. The smallest absolute Gasteiger partial charge is 0.308 e. The Balaban J connectivity index is 1.33. The van der Waals surface area contributed by atoms with E-state index in [2.05, 4.69) is 0 Å². The average Bonchev–Trinajstić information content (AvgIpc) is 3.11. The van der Waals surface area contributed by atoms with Gasteiger partial charge in [0, 0.05) is 25.7 Å². The first-order valence-corrected chi connectivity index (χ1v) is 9.87. The molecule has 6 heteroatoms.